The first kappa shape index (κ1) is 15.6. The van der Waals surface area contributed by atoms with E-state index in [0.717, 1.165) is 43.9 Å². The third kappa shape index (κ3) is 5.60. The first-order chi connectivity index (χ1) is 10.3. The van der Waals surface area contributed by atoms with Gasteiger partial charge in [0.1, 0.15) is 5.75 Å². The Morgan fingerprint density at radius 1 is 1.24 bits per heavy atom. The Labute approximate surface area is 127 Å². The molecule has 1 aromatic carbocycles. The maximum Gasteiger partial charge on any atom is 0.119 e. The van der Waals surface area contributed by atoms with Crippen LogP contribution in [0.5, 0.6) is 5.75 Å². The van der Waals surface area contributed by atoms with Gasteiger partial charge in [-0.05, 0) is 37.6 Å². The van der Waals surface area contributed by atoms with Crippen LogP contribution in [0.25, 0.3) is 0 Å². The van der Waals surface area contributed by atoms with E-state index in [1.165, 1.54) is 0 Å². The monoisotopic (exact) mass is 287 g/mol. The number of hydrogen-bond donors (Lipinski definition) is 1. The van der Waals surface area contributed by atoms with E-state index in [1.54, 1.807) is 0 Å². The zero-order chi connectivity index (χ0) is 14.9. The van der Waals surface area contributed by atoms with E-state index in [4.69, 9.17) is 4.74 Å². The van der Waals surface area contributed by atoms with Gasteiger partial charge in [0.15, 0.2) is 0 Å². The van der Waals surface area contributed by atoms with Crippen molar-refractivity contribution in [1.82, 2.24) is 15.1 Å². The number of aryl methyl sites for hydroxylation is 1. The summed E-state index contributed by atoms with van der Waals surface area (Å²) in [6.45, 7) is 3.94. The Morgan fingerprint density at radius 2 is 2.05 bits per heavy atom. The summed E-state index contributed by atoms with van der Waals surface area (Å²) >= 11 is 0. The van der Waals surface area contributed by atoms with Gasteiger partial charge in [-0.15, -0.1) is 0 Å². The molecule has 1 atom stereocenters. The van der Waals surface area contributed by atoms with E-state index in [9.17, 15) is 0 Å². The fraction of sp³-hybridized carbons (Fsp3) is 0.471. The predicted molar refractivity (Wildman–Crippen MR) is 85.5 cm³/mol. The van der Waals surface area contributed by atoms with Crippen LogP contribution in [0.2, 0.25) is 0 Å². The maximum atomic E-state index is 5.79. The largest absolute Gasteiger partial charge is 0.494 e. The van der Waals surface area contributed by atoms with Crippen LogP contribution in [0.1, 0.15) is 25.5 Å². The molecule has 2 rings (SSSR count). The Hall–Kier alpha value is -1.81. The van der Waals surface area contributed by atoms with Crippen molar-refractivity contribution in [1.29, 1.82) is 0 Å². The average molecular weight is 287 g/mol. The summed E-state index contributed by atoms with van der Waals surface area (Å²) in [6.07, 6.45) is 5.05. The number of benzene rings is 1. The molecule has 4 nitrogen and oxygen atoms in total. The number of rotatable bonds is 9. The molecule has 2 aromatic rings. The van der Waals surface area contributed by atoms with Gasteiger partial charge in [0.05, 0.1) is 12.3 Å². The first-order valence-corrected chi connectivity index (χ1v) is 7.67. The zero-order valence-corrected chi connectivity index (χ0v) is 13.0. The number of para-hydroxylation sites is 1. The fourth-order valence-electron chi connectivity index (χ4n) is 2.29. The van der Waals surface area contributed by atoms with Crippen LogP contribution < -0.4 is 10.1 Å². The lowest BCUT2D eigenvalue weighted by atomic mass is 10.1. The van der Waals surface area contributed by atoms with Crippen molar-refractivity contribution < 1.29 is 4.74 Å². The minimum absolute atomic E-state index is 0.406. The van der Waals surface area contributed by atoms with Crippen molar-refractivity contribution in [3.8, 4) is 5.75 Å². The summed E-state index contributed by atoms with van der Waals surface area (Å²) in [4.78, 5) is 0. The molecule has 0 aliphatic rings. The SMILES string of the molecule is CCCNC(CCOc1ccccc1)Cc1ccn(C)n1. The summed E-state index contributed by atoms with van der Waals surface area (Å²) in [5, 5.41) is 8.04. The molecule has 1 heterocycles. The Kier molecular flexibility index (Phi) is 6.28. The minimum atomic E-state index is 0.406. The van der Waals surface area contributed by atoms with Crippen molar-refractivity contribution in [2.45, 2.75) is 32.2 Å². The van der Waals surface area contributed by atoms with Gasteiger partial charge < -0.3 is 10.1 Å². The molecule has 114 valence electrons. The number of nitrogens with zero attached hydrogens (tertiary/aromatic N) is 2. The molecule has 0 amide bonds. The standard InChI is InChI=1S/C17H25N3O/c1-3-11-18-15(14-16-9-12-20(2)19-16)10-13-21-17-7-5-4-6-8-17/h4-9,12,15,18H,3,10-11,13-14H2,1-2H3. The summed E-state index contributed by atoms with van der Waals surface area (Å²) in [6, 6.07) is 12.5. The van der Waals surface area contributed by atoms with Crippen LogP contribution in [-0.4, -0.2) is 29.0 Å². The van der Waals surface area contributed by atoms with E-state index < -0.39 is 0 Å². The molecular weight excluding hydrogens is 262 g/mol. The van der Waals surface area contributed by atoms with Crippen LogP contribution in [-0.2, 0) is 13.5 Å². The predicted octanol–water partition coefficient (Wildman–Crippen LogP) is 2.80. The van der Waals surface area contributed by atoms with Crippen LogP contribution in [0.15, 0.2) is 42.6 Å². The van der Waals surface area contributed by atoms with Crippen LogP contribution >= 0.6 is 0 Å². The number of nitrogens with one attached hydrogen (secondary N) is 1. The molecule has 0 bridgehead atoms. The van der Waals surface area contributed by atoms with E-state index in [1.807, 2.05) is 48.3 Å². The van der Waals surface area contributed by atoms with Crippen molar-refractivity contribution in [2.24, 2.45) is 7.05 Å². The van der Waals surface area contributed by atoms with Gasteiger partial charge in [-0.1, -0.05) is 25.1 Å². The molecule has 1 unspecified atom stereocenters. The highest BCUT2D eigenvalue weighted by Crippen LogP contribution is 2.10. The highest BCUT2D eigenvalue weighted by atomic mass is 16.5. The molecule has 0 aliphatic heterocycles. The molecule has 0 saturated carbocycles. The molecule has 0 fully saturated rings. The van der Waals surface area contributed by atoms with Crippen molar-refractivity contribution in [3.05, 3.63) is 48.3 Å². The summed E-state index contributed by atoms with van der Waals surface area (Å²) in [7, 11) is 1.95. The van der Waals surface area contributed by atoms with Crippen LogP contribution in [0.3, 0.4) is 0 Å². The molecule has 1 N–H and O–H groups in total. The van der Waals surface area contributed by atoms with Gasteiger partial charge in [0, 0.05) is 25.7 Å². The van der Waals surface area contributed by atoms with E-state index >= 15 is 0 Å². The van der Waals surface area contributed by atoms with Gasteiger partial charge in [-0.2, -0.15) is 5.10 Å². The quantitative estimate of drug-likeness (QED) is 0.771. The third-order valence-electron chi connectivity index (χ3n) is 3.39. The average Bonchev–Trinajstić information content (AvgIpc) is 2.91. The first-order valence-electron chi connectivity index (χ1n) is 7.67. The third-order valence-corrected chi connectivity index (χ3v) is 3.39. The van der Waals surface area contributed by atoms with E-state index in [0.29, 0.717) is 6.04 Å². The Bertz CT molecular complexity index is 510. The van der Waals surface area contributed by atoms with Crippen molar-refractivity contribution in [3.63, 3.8) is 0 Å². The topological polar surface area (TPSA) is 39.1 Å². The molecule has 21 heavy (non-hydrogen) atoms. The van der Waals surface area contributed by atoms with Gasteiger partial charge in [-0.3, -0.25) is 4.68 Å². The molecule has 1 aromatic heterocycles. The zero-order valence-electron chi connectivity index (χ0n) is 13.0. The van der Waals surface area contributed by atoms with Gasteiger partial charge >= 0.3 is 0 Å². The van der Waals surface area contributed by atoms with Crippen LogP contribution in [0, 0.1) is 0 Å². The summed E-state index contributed by atoms with van der Waals surface area (Å²) < 4.78 is 7.65. The minimum Gasteiger partial charge on any atom is -0.494 e. The second-order valence-electron chi connectivity index (χ2n) is 5.29. The van der Waals surface area contributed by atoms with E-state index in [2.05, 4.69) is 23.4 Å². The Morgan fingerprint density at radius 3 is 2.71 bits per heavy atom. The Balaban J connectivity index is 1.81. The molecule has 0 radical (unpaired) electrons. The number of hydrogen-bond acceptors (Lipinski definition) is 3. The second kappa shape index (κ2) is 8.47. The lowest BCUT2D eigenvalue weighted by Gasteiger charge is -2.18. The number of ether oxygens (including phenoxy) is 1. The molecular formula is C17H25N3O. The highest BCUT2D eigenvalue weighted by molar-refractivity contribution is 5.20. The normalized spacial score (nSPS) is 12.3. The molecule has 0 spiro atoms. The van der Waals surface area contributed by atoms with Crippen molar-refractivity contribution >= 4 is 0 Å². The van der Waals surface area contributed by atoms with Crippen molar-refractivity contribution in [2.75, 3.05) is 13.2 Å². The fourth-order valence-corrected chi connectivity index (χ4v) is 2.29. The second-order valence-corrected chi connectivity index (χ2v) is 5.29. The maximum absolute atomic E-state index is 5.79. The van der Waals surface area contributed by atoms with Gasteiger partial charge in [0.2, 0.25) is 0 Å². The summed E-state index contributed by atoms with van der Waals surface area (Å²) in [5.74, 6) is 0.935. The smallest absolute Gasteiger partial charge is 0.119 e. The highest BCUT2D eigenvalue weighted by Gasteiger charge is 2.11. The molecule has 0 saturated heterocycles. The van der Waals surface area contributed by atoms with Gasteiger partial charge in [0.25, 0.3) is 0 Å². The molecule has 0 aliphatic carbocycles. The van der Waals surface area contributed by atoms with Crippen LogP contribution in [0.4, 0.5) is 0 Å². The lowest BCUT2D eigenvalue weighted by Crippen LogP contribution is -2.33. The van der Waals surface area contributed by atoms with Gasteiger partial charge in [-0.25, -0.2) is 0 Å². The number of aromatic nitrogens is 2. The lowest BCUT2D eigenvalue weighted by molar-refractivity contribution is 0.284. The molecule has 4 heteroatoms. The van der Waals surface area contributed by atoms with E-state index in [-0.39, 0.29) is 0 Å². The summed E-state index contributed by atoms with van der Waals surface area (Å²) in [5.41, 5.74) is 1.13.